The molecule has 1 atom stereocenters. The van der Waals surface area contributed by atoms with Crippen LogP contribution in [0.25, 0.3) is 0 Å². The summed E-state index contributed by atoms with van der Waals surface area (Å²) in [6.45, 7) is 8.34. The molecule has 8 nitrogen and oxygen atoms in total. The van der Waals surface area contributed by atoms with Gasteiger partial charge in [0.1, 0.15) is 5.82 Å². The van der Waals surface area contributed by atoms with Gasteiger partial charge in [-0.15, -0.1) is 10.2 Å². The topological polar surface area (TPSA) is 89.7 Å². The van der Waals surface area contributed by atoms with Crippen LogP contribution < -0.4 is 10.6 Å². The molecule has 0 bridgehead atoms. The summed E-state index contributed by atoms with van der Waals surface area (Å²) in [5, 5.41) is 14.3. The molecular weight excluding hydrogens is 306 g/mol. The number of fused-ring (bicyclic) bond motifs is 1. The molecule has 3 rings (SSSR count). The van der Waals surface area contributed by atoms with Crippen molar-refractivity contribution >= 4 is 6.03 Å². The molecule has 0 aromatic carbocycles. The first-order valence-corrected chi connectivity index (χ1v) is 8.34. The van der Waals surface area contributed by atoms with E-state index in [1.165, 1.54) is 0 Å². The Hall–Kier alpha value is -2.38. The number of imidazole rings is 1. The Kier molecular flexibility index (Phi) is 4.55. The highest BCUT2D eigenvalue weighted by Crippen LogP contribution is 2.20. The zero-order valence-electron chi connectivity index (χ0n) is 14.5. The summed E-state index contributed by atoms with van der Waals surface area (Å²) < 4.78 is 4.06. The Labute approximate surface area is 141 Å². The number of aromatic nitrogens is 5. The maximum atomic E-state index is 12.3. The highest BCUT2D eigenvalue weighted by molar-refractivity contribution is 5.74. The summed E-state index contributed by atoms with van der Waals surface area (Å²) >= 11 is 0. The second-order valence-corrected chi connectivity index (χ2v) is 7.29. The maximum Gasteiger partial charge on any atom is 0.315 e. The molecule has 2 N–H and O–H groups in total. The van der Waals surface area contributed by atoms with Crippen molar-refractivity contribution in [3.63, 3.8) is 0 Å². The molecule has 2 aromatic heterocycles. The minimum absolute atomic E-state index is 0.0178. The van der Waals surface area contributed by atoms with Crippen molar-refractivity contribution in [3.05, 3.63) is 30.4 Å². The van der Waals surface area contributed by atoms with E-state index in [1.807, 2.05) is 10.8 Å². The number of urea groups is 1. The molecule has 8 heteroatoms. The summed E-state index contributed by atoms with van der Waals surface area (Å²) in [4.78, 5) is 16.4. The van der Waals surface area contributed by atoms with Crippen molar-refractivity contribution in [1.82, 2.24) is 34.9 Å². The van der Waals surface area contributed by atoms with E-state index in [4.69, 9.17) is 0 Å². The van der Waals surface area contributed by atoms with Crippen LogP contribution in [0, 0.1) is 5.41 Å². The Morgan fingerprint density at radius 1 is 1.38 bits per heavy atom. The van der Waals surface area contributed by atoms with Crippen LogP contribution in [0.1, 0.15) is 38.8 Å². The standard InChI is InChI=1S/C16H25N7O/c1-16(2,3)12(10-22-8-6-17-11-22)19-15(24)18-9-14-21-20-13-5-4-7-23(13)14/h6,8,11-12H,4-5,7,9-10H2,1-3H3,(H2,18,19,24). The van der Waals surface area contributed by atoms with Gasteiger partial charge in [-0.25, -0.2) is 9.78 Å². The number of hydrogen-bond donors (Lipinski definition) is 2. The van der Waals surface area contributed by atoms with Gasteiger partial charge in [0, 0.05) is 31.9 Å². The van der Waals surface area contributed by atoms with Crippen LogP contribution in [0.5, 0.6) is 0 Å². The van der Waals surface area contributed by atoms with Gasteiger partial charge in [0.15, 0.2) is 5.82 Å². The van der Waals surface area contributed by atoms with Crippen LogP contribution in [-0.4, -0.2) is 36.4 Å². The van der Waals surface area contributed by atoms with Gasteiger partial charge in [-0.2, -0.15) is 0 Å². The van der Waals surface area contributed by atoms with Crippen LogP contribution in [0.4, 0.5) is 4.79 Å². The molecule has 0 fully saturated rings. The highest BCUT2D eigenvalue weighted by atomic mass is 16.2. The van der Waals surface area contributed by atoms with Crippen molar-refractivity contribution in [3.8, 4) is 0 Å². The number of amides is 2. The number of hydrogen-bond acceptors (Lipinski definition) is 4. The Morgan fingerprint density at radius 2 is 2.21 bits per heavy atom. The molecule has 0 saturated heterocycles. The van der Waals surface area contributed by atoms with Gasteiger partial charge < -0.3 is 19.8 Å². The minimum atomic E-state index is -0.189. The fourth-order valence-electron chi connectivity index (χ4n) is 2.85. The molecule has 2 amide bonds. The largest absolute Gasteiger partial charge is 0.335 e. The van der Waals surface area contributed by atoms with Gasteiger partial charge in [-0.1, -0.05) is 20.8 Å². The predicted octanol–water partition coefficient (Wildman–Crippen LogP) is 1.33. The first-order chi connectivity index (χ1) is 11.4. The molecule has 1 unspecified atom stereocenters. The first-order valence-electron chi connectivity index (χ1n) is 8.34. The van der Waals surface area contributed by atoms with Gasteiger partial charge >= 0.3 is 6.03 Å². The molecular formula is C16H25N7O. The van der Waals surface area contributed by atoms with E-state index in [2.05, 4.69) is 51.2 Å². The van der Waals surface area contributed by atoms with Crippen LogP contribution in [0.15, 0.2) is 18.7 Å². The zero-order chi connectivity index (χ0) is 17.2. The quantitative estimate of drug-likeness (QED) is 0.865. The second-order valence-electron chi connectivity index (χ2n) is 7.29. The molecule has 2 aromatic rings. The van der Waals surface area contributed by atoms with E-state index in [0.717, 1.165) is 31.0 Å². The van der Waals surface area contributed by atoms with Gasteiger partial charge in [-0.3, -0.25) is 0 Å². The third-order valence-corrected chi connectivity index (χ3v) is 4.40. The molecule has 1 aliphatic rings. The Bertz CT molecular complexity index is 684. The lowest BCUT2D eigenvalue weighted by Gasteiger charge is -2.31. The lowest BCUT2D eigenvalue weighted by molar-refractivity contribution is 0.208. The fraction of sp³-hybridized carbons (Fsp3) is 0.625. The van der Waals surface area contributed by atoms with Gasteiger partial charge in [0.25, 0.3) is 0 Å². The lowest BCUT2D eigenvalue weighted by atomic mass is 9.86. The monoisotopic (exact) mass is 331 g/mol. The highest BCUT2D eigenvalue weighted by Gasteiger charge is 2.27. The third kappa shape index (κ3) is 3.74. The minimum Gasteiger partial charge on any atom is -0.335 e. The molecule has 0 saturated carbocycles. The summed E-state index contributed by atoms with van der Waals surface area (Å²) in [5.74, 6) is 1.83. The van der Waals surface area contributed by atoms with Crippen LogP contribution >= 0.6 is 0 Å². The normalized spacial score (nSPS) is 15.1. The van der Waals surface area contributed by atoms with Crippen LogP contribution in [0.2, 0.25) is 0 Å². The van der Waals surface area contributed by atoms with Crippen molar-refractivity contribution in [2.45, 2.75) is 59.3 Å². The molecule has 0 spiro atoms. The molecule has 24 heavy (non-hydrogen) atoms. The Balaban J connectivity index is 1.57. The average molecular weight is 331 g/mol. The fourth-order valence-corrected chi connectivity index (χ4v) is 2.85. The molecule has 3 heterocycles. The van der Waals surface area contributed by atoms with E-state index in [0.29, 0.717) is 13.1 Å². The smallest absolute Gasteiger partial charge is 0.315 e. The second kappa shape index (κ2) is 6.62. The number of carbonyl (C=O) groups excluding carboxylic acids is 1. The van der Waals surface area contributed by atoms with Crippen LogP contribution in [-0.2, 0) is 26.1 Å². The van der Waals surface area contributed by atoms with Crippen molar-refractivity contribution < 1.29 is 4.79 Å². The number of rotatable bonds is 5. The van der Waals surface area contributed by atoms with E-state index in [1.54, 1.807) is 12.5 Å². The summed E-state index contributed by atoms with van der Waals surface area (Å²) in [6, 6.07) is -0.207. The van der Waals surface area contributed by atoms with E-state index in [9.17, 15) is 4.79 Å². The van der Waals surface area contributed by atoms with E-state index < -0.39 is 0 Å². The SMILES string of the molecule is CC(C)(C)C(Cn1ccnc1)NC(=O)NCc1nnc2n1CCC2. The van der Waals surface area contributed by atoms with E-state index in [-0.39, 0.29) is 17.5 Å². The average Bonchev–Trinajstić information content (AvgIpc) is 3.22. The van der Waals surface area contributed by atoms with Crippen LogP contribution in [0.3, 0.4) is 0 Å². The summed E-state index contributed by atoms with van der Waals surface area (Å²) in [7, 11) is 0. The number of nitrogens with zero attached hydrogens (tertiary/aromatic N) is 5. The van der Waals surface area contributed by atoms with Gasteiger partial charge in [-0.05, 0) is 11.8 Å². The van der Waals surface area contributed by atoms with Gasteiger partial charge in [0.05, 0.1) is 18.9 Å². The maximum absolute atomic E-state index is 12.3. The number of aryl methyl sites for hydroxylation is 1. The molecule has 0 radical (unpaired) electrons. The molecule has 130 valence electrons. The van der Waals surface area contributed by atoms with E-state index >= 15 is 0 Å². The molecule has 0 aliphatic carbocycles. The van der Waals surface area contributed by atoms with Crippen molar-refractivity contribution in [1.29, 1.82) is 0 Å². The Morgan fingerprint density at radius 3 is 2.92 bits per heavy atom. The number of nitrogens with one attached hydrogen (secondary N) is 2. The van der Waals surface area contributed by atoms with Crippen molar-refractivity contribution in [2.75, 3.05) is 0 Å². The molecule has 1 aliphatic heterocycles. The van der Waals surface area contributed by atoms with Crippen molar-refractivity contribution in [2.24, 2.45) is 5.41 Å². The lowest BCUT2D eigenvalue weighted by Crippen LogP contribution is -2.49. The summed E-state index contributed by atoms with van der Waals surface area (Å²) in [6.07, 6.45) is 7.47. The zero-order valence-corrected chi connectivity index (χ0v) is 14.5. The predicted molar refractivity (Wildman–Crippen MR) is 89.2 cm³/mol. The van der Waals surface area contributed by atoms with Gasteiger partial charge in [0.2, 0.25) is 0 Å². The summed E-state index contributed by atoms with van der Waals surface area (Å²) in [5.41, 5.74) is -0.0717. The third-order valence-electron chi connectivity index (χ3n) is 4.40. The first kappa shape index (κ1) is 16.5. The number of carbonyl (C=O) groups is 1.